The fourth-order valence-corrected chi connectivity index (χ4v) is 2.48. The molecule has 2 aromatic carbocycles. The van der Waals surface area contributed by atoms with Gasteiger partial charge in [-0.2, -0.15) is 0 Å². The second kappa shape index (κ2) is 6.08. The Balaban J connectivity index is 2.23. The molecule has 98 valence electrons. The van der Waals surface area contributed by atoms with E-state index in [1.165, 1.54) is 0 Å². The summed E-state index contributed by atoms with van der Waals surface area (Å²) in [6, 6.07) is 10.7. The molecule has 0 unspecified atom stereocenters. The van der Waals surface area contributed by atoms with E-state index in [0.29, 0.717) is 15.6 Å². The number of rotatable bonds is 3. The van der Waals surface area contributed by atoms with E-state index < -0.39 is 0 Å². The van der Waals surface area contributed by atoms with Gasteiger partial charge in [-0.1, -0.05) is 51.3 Å². The average Bonchev–Trinajstić information content (AvgIpc) is 2.36. The fraction of sp³-hybridized carbons (Fsp3) is 0.133. The van der Waals surface area contributed by atoms with E-state index in [-0.39, 0.29) is 12.2 Å². The van der Waals surface area contributed by atoms with Gasteiger partial charge in [-0.15, -0.1) is 0 Å². The predicted molar refractivity (Wildman–Crippen MR) is 83.4 cm³/mol. The lowest BCUT2D eigenvalue weighted by Crippen LogP contribution is -2.04. The Morgan fingerprint density at radius 3 is 2.53 bits per heavy atom. The monoisotopic (exact) mass is 356 g/mol. The Labute approximate surface area is 130 Å². The molecule has 19 heavy (non-hydrogen) atoms. The summed E-state index contributed by atoms with van der Waals surface area (Å²) in [5.41, 5.74) is 2.51. The van der Waals surface area contributed by atoms with Gasteiger partial charge in [-0.05, 0) is 42.3 Å². The van der Waals surface area contributed by atoms with E-state index in [2.05, 4.69) is 15.9 Å². The lowest BCUT2D eigenvalue weighted by Gasteiger charge is -2.06. The predicted octanol–water partition coefficient (Wildman–Crippen LogP) is 5.49. The first-order chi connectivity index (χ1) is 8.97. The summed E-state index contributed by atoms with van der Waals surface area (Å²) in [7, 11) is 0. The van der Waals surface area contributed by atoms with Gasteiger partial charge in [0.1, 0.15) is 0 Å². The second-order valence-corrected chi connectivity index (χ2v) is 6.00. The summed E-state index contributed by atoms with van der Waals surface area (Å²) in [6.07, 6.45) is 0.275. The number of Topliss-reactive ketones (excluding diaryl/α,β-unsaturated/α-hetero) is 1. The molecule has 0 aliphatic rings. The van der Waals surface area contributed by atoms with Gasteiger partial charge in [0.25, 0.3) is 0 Å². The van der Waals surface area contributed by atoms with Crippen LogP contribution in [0.2, 0.25) is 10.0 Å². The molecule has 0 atom stereocenters. The van der Waals surface area contributed by atoms with Crippen molar-refractivity contribution in [2.75, 3.05) is 0 Å². The van der Waals surface area contributed by atoms with Gasteiger partial charge in [0.05, 0.1) is 0 Å². The number of benzene rings is 2. The summed E-state index contributed by atoms with van der Waals surface area (Å²) < 4.78 is 0.994. The van der Waals surface area contributed by atoms with E-state index in [1.54, 1.807) is 18.2 Å². The largest absolute Gasteiger partial charge is 0.294 e. The normalized spacial score (nSPS) is 10.5. The lowest BCUT2D eigenvalue weighted by atomic mass is 10.0. The number of aryl methyl sites for hydroxylation is 1. The van der Waals surface area contributed by atoms with Crippen LogP contribution < -0.4 is 0 Å². The topological polar surface area (TPSA) is 17.1 Å². The molecule has 0 fully saturated rings. The minimum absolute atomic E-state index is 0.0415. The van der Waals surface area contributed by atoms with Crippen molar-refractivity contribution in [3.05, 3.63) is 67.6 Å². The number of halogens is 3. The van der Waals surface area contributed by atoms with Crippen molar-refractivity contribution in [3.63, 3.8) is 0 Å². The van der Waals surface area contributed by atoms with Crippen molar-refractivity contribution < 1.29 is 4.79 Å². The Kier molecular flexibility index (Phi) is 4.67. The molecule has 0 aromatic heterocycles. The van der Waals surface area contributed by atoms with Crippen molar-refractivity contribution in [1.29, 1.82) is 0 Å². The molecular formula is C15H11BrCl2O. The third-order valence-electron chi connectivity index (χ3n) is 2.85. The number of hydrogen-bond acceptors (Lipinski definition) is 1. The van der Waals surface area contributed by atoms with E-state index in [1.807, 2.05) is 25.1 Å². The lowest BCUT2D eigenvalue weighted by molar-refractivity contribution is 0.0993. The van der Waals surface area contributed by atoms with Gasteiger partial charge in [-0.3, -0.25) is 4.79 Å². The zero-order chi connectivity index (χ0) is 14.0. The van der Waals surface area contributed by atoms with Gasteiger partial charge in [0, 0.05) is 26.5 Å². The summed E-state index contributed by atoms with van der Waals surface area (Å²) in [5, 5.41) is 1.09. The molecule has 0 bridgehead atoms. The molecule has 0 heterocycles. The highest BCUT2D eigenvalue weighted by atomic mass is 79.9. The van der Waals surface area contributed by atoms with Gasteiger partial charge in [0.2, 0.25) is 0 Å². The Hall–Kier alpha value is -0.830. The molecule has 2 rings (SSSR count). The zero-order valence-corrected chi connectivity index (χ0v) is 13.3. The van der Waals surface area contributed by atoms with E-state index in [9.17, 15) is 4.79 Å². The standard InChI is InChI=1S/C15H11BrCl2O/c1-9-6-11(3-5-13(9)16)15(19)7-10-2-4-12(17)8-14(10)18/h2-6,8H,7H2,1H3. The molecule has 0 saturated carbocycles. The van der Waals surface area contributed by atoms with Crippen LogP contribution in [0, 0.1) is 6.92 Å². The molecule has 0 amide bonds. The van der Waals surface area contributed by atoms with Crippen LogP contribution in [0.15, 0.2) is 40.9 Å². The maximum absolute atomic E-state index is 12.2. The molecule has 0 aliphatic carbocycles. The highest BCUT2D eigenvalue weighted by Crippen LogP contribution is 2.23. The van der Waals surface area contributed by atoms with Crippen molar-refractivity contribution >= 4 is 44.9 Å². The van der Waals surface area contributed by atoms with E-state index in [4.69, 9.17) is 23.2 Å². The highest BCUT2D eigenvalue weighted by Gasteiger charge is 2.11. The molecule has 2 aromatic rings. The third-order valence-corrected chi connectivity index (χ3v) is 4.32. The van der Waals surface area contributed by atoms with Crippen LogP contribution in [0.25, 0.3) is 0 Å². The maximum Gasteiger partial charge on any atom is 0.167 e. The molecule has 0 N–H and O–H groups in total. The Morgan fingerprint density at radius 2 is 1.89 bits per heavy atom. The molecule has 4 heteroatoms. The van der Waals surface area contributed by atoms with E-state index in [0.717, 1.165) is 15.6 Å². The molecule has 1 nitrogen and oxygen atoms in total. The van der Waals surface area contributed by atoms with Crippen LogP contribution in [0.3, 0.4) is 0 Å². The average molecular weight is 358 g/mol. The summed E-state index contributed by atoms with van der Waals surface area (Å²) in [6.45, 7) is 1.95. The van der Waals surface area contributed by atoms with Crippen molar-refractivity contribution in [2.24, 2.45) is 0 Å². The SMILES string of the molecule is Cc1cc(C(=O)Cc2ccc(Cl)cc2Cl)ccc1Br. The number of hydrogen-bond donors (Lipinski definition) is 0. The van der Waals surface area contributed by atoms with Crippen LogP contribution in [0.4, 0.5) is 0 Å². The zero-order valence-electron chi connectivity index (χ0n) is 10.2. The Bertz CT molecular complexity index is 638. The highest BCUT2D eigenvalue weighted by molar-refractivity contribution is 9.10. The van der Waals surface area contributed by atoms with Crippen molar-refractivity contribution in [1.82, 2.24) is 0 Å². The van der Waals surface area contributed by atoms with Crippen LogP contribution >= 0.6 is 39.1 Å². The minimum atomic E-state index is 0.0415. The van der Waals surface area contributed by atoms with Crippen LogP contribution in [0.5, 0.6) is 0 Å². The van der Waals surface area contributed by atoms with Crippen LogP contribution in [-0.2, 0) is 6.42 Å². The van der Waals surface area contributed by atoms with Gasteiger partial charge in [0.15, 0.2) is 5.78 Å². The summed E-state index contributed by atoms with van der Waals surface area (Å²) in [4.78, 5) is 12.2. The first-order valence-corrected chi connectivity index (χ1v) is 7.25. The first kappa shape index (κ1) is 14.6. The van der Waals surface area contributed by atoms with Gasteiger partial charge < -0.3 is 0 Å². The van der Waals surface area contributed by atoms with Crippen LogP contribution in [0.1, 0.15) is 21.5 Å². The second-order valence-electron chi connectivity index (χ2n) is 4.30. The summed E-state index contributed by atoms with van der Waals surface area (Å²) in [5.74, 6) is 0.0415. The third kappa shape index (κ3) is 3.59. The van der Waals surface area contributed by atoms with E-state index >= 15 is 0 Å². The fourth-order valence-electron chi connectivity index (χ4n) is 1.76. The Morgan fingerprint density at radius 1 is 1.16 bits per heavy atom. The van der Waals surface area contributed by atoms with Crippen LogP contribution in [-0.4, -0.2) is 5.78 Å². The van der Waals surface area contributed by atoms with Gasteiger partial charge >= 0.3 is 0 Å². The summed E-state index contributed by atoms with van der Waals surface area (Å²) >= 11 is 15.3. The smallest absolute Gasteiger partial charge is 0.167 e. The molecule has 0 aliphatic heterocycles. The number of carbonyl (C=O) groups excluding carboxylic acids is 1. The minimum Gasteiger partial charge on any atom is -0.294 e. The van der Waals surface area contributed by atoms with Crippen molar-refractivity contribution in [2.45, 2.75) is 13.3 Å². The maximum atomic E-state index is 12.2. The molecular weight excluding hydrogens is 347 g/mol. The number of ketones is 1. The molecule has 0 saturated heterocycles. The molecule has 0 spiro atoms. The van der Waals surface area contributed by atoms with Gasteiger partial charge in [-0.25, -0.2) is 0 Å². The first-order valence-electron chi connectivity index (χ1n) is 5.70. The van der Waals surface area contributed by atoms with Crippen molar-refractivity contribution in [3.8, 4) is 0 Å². The molecule has 0 radical (unpaired) electrons. The number of carbonyl (C=O) groups is 1. The quantitative estimate of drug-likeness (QED) is 0.664.